The standard InChI is InChI=1S/C43H61NO5/c1-7-23-44(38(47)49-34-24-29(4)13-14-32(34)28(2)3)27-42(48)20-17-36-40(42,6)19-16-35-39(5)18-15-31(45)25-41(39)21-22-43(35,36)33(26-41)37(46)30-11-9-8-10-12-30/h8-12,21-22,26,28-29,31-32,34-36,45,48H,7,13-20,23-25,27H2,1-6H3/t29-,31?,32+,34-,35+,36+,39+,40-,41-,42+,43+/m0/s1. The zero-order chi connectivity index (χ0) is 35.0. The van der Waals surface area contributed by atoms with E-state index in [0.717, 1.165) is 56.9 Å². The summed E-state index contributed by atoms with van der Waals surface area (Å²) < 4.78 is 6.38. The Bertz CT molecular complexity index is 1500. The smallest absolute Gasteiger partial charge is 0.410 e. The van der Waals surface area contributed by atoms with E-state index in [-0.39, 0.29) is 53.3 Å². The molecule has 6 heteroatoms. The molecule has 8 rings (SSSR count). The molecule has 1 aromatic carbocycles. The Morgan fingerprint density at radius 3 is 2.37 bits per heavy atom. The van der Waals surface area contributed by atoms with E-state index in [9.17, 15) is 19.8 Å². The number of hydrogen-bond acceptors (Lipinski definition) is 5. The molecule has 4 fully saturated rings. The number of nitrogens with zero attached hydrogens (tertiary/aromatic N) is 1. The summed E-state index contributed by atoms with van der Waals surface area (Å²) in [6.07, 6.45) is 15.7. The van der Waals surface area contributed by atoms with Gasteiger partial charge >= 0.3 is 6.09 Å². The van der Waals surface area contributed by atoms with E-state index in [1.807, 2.05) is 35.2 Å². The van der Waals surface area contributed by atoms with Gasteiger partial charge in [-0.05, 0) is 99.2 Å². The van der Waals surface area contributed by atoms with Crippen LogP contribution in [0, 0.1) is 51.2 Å². The zero-order valence-corrected chi connectivity index (χ0v) is 30.9. The van der Waals surface area contributed by atoms with E-state index < -0.39 is 16.4 Å². The second-order valence-electron chi connectivity index (χ2n) is 18.2. The highest BCUT2D eigenvalue weighted by molar-refractivity contribution is 6.10. The molecule has 2 bridgehead atoms. The molecule has 49 heavy (non-hydrogen) atoms. The number of allylic oxidation sites excluding steroid dienone is 4. The molecule has 11 atom stereocenters. The van der Waals surface area contributed by atoms with Crippen molar-refractivity contribution < 1.29 is 24.5 Å². The van der Waals surface area contributed by atoms with Crippen LogP contribution in [0.5, 0.6) is 0 Å². The number of fused-ring (bicyclic) bond motifs is 1. The lowest BCUT2D eigenvalue weighted by Gasteiger charge is -2.71. The van der Waals surface area contributed by atoms with Gasteiger partial charge in [0.25, 0.3) is 0 Å². The first-order chi connectivity index (χ1) is 23.2. The van der Waals surface area contributed by atoms with Crippen LogP contribution >= 0.6 is 0 Å². The van der Waals surface area contributed by atoms with Gasteiger partial charge in [-0.15, -0.1) is 0 Å². The van der Waals surface area contributed by atoms with Gasteiger partial charge in [0.05, 0.1) is 18.2 Å². The lowest BCUT2D eigenvalue weighted by molar-refractivity contribution is -0.175. The number of amides is 1. The molecule has 0 aliphatic heterocycles. The van der Waals surface area contributed by atoms with Crippen LogP contribution in [0.15, 0.2) is 54.1 Å². The van der Waals surface area contributed by atoms with Crippen LogP contribution in [-0.2, 0) is 4.74 Å². The Kier molecular flexibility index (Phi) is 8.82. The van der Waals surface area contributed by atoms with E-state index in [0.29, 0.717) is 42.7 Å². The third kappa shape index (κ3) is 5.15. The van der Waals surface area contributed by atoms with Crippen molar-refractivity contribution in [2.45, 2.75) is 130 Å². The first-order valence-corrected chi connectivity index (χ1v) is 19.6. The SMILES string of the molecule is CCCN(C[C@]1(O)CC[C@H]2[C@]34C=C[C@@]5(C=C3C(=O)c3ccccc3)CC(O)CC[C@]5(C)[C@H]4CC[C@@]21C)C(=O)O[C@H]1C[C@@H](C)CC[C@@H]1C(C)C. The Labute approximate surface area is 294 Å². The van der Waals surface area contributed by atoms with Crippen molar-refractivity contribution in [2.75, 3.05) is 13.1 Å². The topological polar surface area (TPSA) is 87.1 Å². The van der Waals surface area contributed by atoms with E-state index >= 15 is 0 Å². The highest BCUT2D eigenvalue weighted by Gasteiger charge is 2.74. The van der Waals surface area contributed by atoms with Crippen molar-refractivity contribution in [3.8, 4) is 0 Å². The molecular formula is C43H61NO5. The fourth-order valence-corrected chi connectivity index (χ4v) is 12.6. The number of ether oxygens (including phenoxy) is 1. The minimum atomic E-state index is -1.10. The summed E-state index contributed by atoms with van der Waals surface area (Å²) in [5, 5.41) is 23.9. The van der Waals surface area contributed by atoms with Crippen molar-refractivity contribution in [1.82, 2.24) is 4.90 Å². The molecule has 0 heterocycles. The van der Waals surface area contributed by atoms with Crippen molar-refractivity contribution in [3.05, 3.63) is 59.7 Å². The number of Topliss-reactive ketones (excluding diaryl/α,β-unsaturated/α-hetero) is 1. The Balaban J connectivity index is 1.24. The molecule has 7 aliphatic rings. The lowest BCUT2D eigenvalue weighted by Crippen LogP contribution is -2.67. The van der Waals surface area contributed by atoms with Gasteiger partial charge in [-0.1, -0.05) is 96.5 Å². The Morgan fingerprint density at radius 2 is 1.65 bits per heavy atom. The number of ketones is 1. The van der Waals surface area contributed by atoms with Crippen LogP contribution in [-0.4, -0.2) is 57.9 Å². The van der Waals surface area contributed by atoms with Crippen molar-refractivity contribution in [1.29, 1.82) is 0 Å². The van der Waals surface area contributed by atoms with Crippen LogP contribution < -0.4 is 0 Å². The predicted molar refractivity (Wildman–Crippen MR) is 193 cm³/mol. The fourth-order valence-electron chi connectivity index (χ4n) is 12.6. The maximum atomic E-state index is 14.7. The summed E-state index contributed by atoms with van der Waals surface area (Å²) in [5.41, 5.74) is -0.981. The zero-order valence-electron chi connectivity index (χ0n) is 30.9. The van der Waals surface area contributed by atoms with Crippen LogP contribution in [0.4, 0.5) is 4.79 Å². The number of rotatable bonds is 8. The quantitative estimate of drug-likeness (QED) is 0.213. The second-order valence-corrected chi connectivity index (χ2v) is 18.2. The van der Waals surface area contributed by atoms with Crippen LogP contribution in [0.1, 0.15) is 123 Å². The molecule has 7 aliphatic carbocycles. The van der Waals surface area contributed by atoms with Gasteiger partial charge in [-0.2, -0.15) is 0 Å². The van der Waals surface area contributed by atoms with E-state index in [1.165, 1.54) is 6.42 Å². The summed E-state index contributed by atoms with van der Waals surface area (Å²) in [6, 6.07) is 9.67. The minimum Gasteiger partial charge on any atom is -0.446 e. The van der Waals surface area contributed by atoms with E-state index in [2.05, 4.69) is 59.8 Å². The number of carbonyl (C=O) groups is 2. The lowest BCUT2D eigenvalue weighted by atomic mass is 9.32. The number of aliphatic hydroxyl groups is 2. The second kappa shape index (κ2) is 12.4. The summed E-state index contributed by atoms with van der Waals surface area (Å²) >= 11 is 0. The molecule has 2 N–H and O–H groups in total. The molecule has 6 nitrogen and oxygen atoms in total. The average molecular weight is 672 g/mol. The third-order valence-electron chi connectivity index (χ3n) is 15.4. The molecule has 1 unspecified atom stereocenters. The van der Waals surface area contributed by atoms with Crippen LogP contribution in [0.3, 0.4) is 0 Å². The number of carbonyl (C=O) groups excluding carboxylic acids is 2. The molecular weight excluding hydrogens is 610 g/mol. The van der Waals surface area contributed by atoms with Gasteiger partial charge in [0.1, 0.15) is 6.10 Å². The molecule has 2 spiro atoms. The number of benzene rings is 1. The number of hydrogen-bond donors (Lipinski definition) is 2. The summed E-state index contributed by atoms with van der Waals surface area (Å²) in [6.45, 7) is 14.3. The summed E-state index contributed by atoms with van der Waals surface area (Å²) in [5.74, 6) is 1.71. The predicted octanol–water partition coefficient (Wildman–Crippen LogP) is 8.77. The first-order valence-electron chi connectivity index (χ1n) is 19.6. The third-order valence-corrected chi connectivity index (χ3v) is 15.4. The summed E-state index contributed by atoms with van der Waals surface area (Å²) in [4.78, 5) is 30.6. The van der Waals surface area contributed by atoms with Crippen molar-refractivity contribution >= 4 is 11.9 Å². The Morgan fingerprint density at radius 1 is 0.959 bits per heavy atom. The number of aliphatic hydroxyl groups excluding tert-OH is 1. The average Bonchev–Trinajstić information content (AvgIpc) is 3.34. The molecule has 1 aromatic rings. The highest BCUT2D eigenvalue weighted by Crippen LogP contribution is 2.78. The minimum absolute atomic E-state index is 0.0462. The molecule has 4 saturated carbocycles. The first kappa shape index (κ1) is 35.0. The van der Waals surface area contributed by atoms with Gasteiger partial charge in [-0.25, -0.2) is 4.79 Å². The molecule has 1 amide bonds. The summed E-state index contributed by atoms with van der Waals surface area (Å²) in [7, 11) is 0. The monoisotopic (exact) mass is 671 g/mol. The maximum absolute atomic E-state index is 14.7. The van der Waals surface area contributed by atoms with Crippen LogP contribution in [0.2, 0.25) is 0 Å². The van der Waals surface area contributed by atoms with E-state index in [4.69, 9.17) is 4.74 Å². The highest BCUT2D eigenvalue weighted by atomic mass is 16.6. The molecule has 0 aromatic heterocycles. The van der Waals surface area contributed by atoms with E-state index in [1.54, 1.807) is 0 Å². The molecule has 268 valence electrons. The largest absolute Gasteiger partial charge is 0.446 e. The van der Waals surface area contributed by atoms with Gasteiger partial charge in [0.15, 0.2) is 5.78 Å². The van der Waals surface area contributed by atoms with Crippen molar-refractivity contribution in [3.63, 3.8) is 0 Å². The van der Waals surface area contributed by atoms with Crippen LogP contribution in [0.25, 0.3) is 0 Å². The van der Waals surface area contributed by atoms with Gasteiger partial charge in [0, 0.05) is 33.9 Å². The van der Waals surface area contributed by atoms with Crippen molar-refractivity contribution in [2.24, 2.45) is 51.2 Å². The fraction of sp³-hybridized carbons (Fsp3) is 0.721. The molecule has 0 saturated heterocycles. The maximum Gasteiger partial charge on any atom is 0.410 e. The Hall–Kier alpha value is -2.44. The van der Waals surface area contributed by atoms with Gasteiger partial charge in [0.2, 0.25) is 0 Å². The molecule has 0 radical (unpaired) electrons. The van der Waals surface area contributed by atoms with Gasteiger partial charge < -0.3 is 19.8 Å². The van der Waals surface area contributed by atoms with Gasteiger partial charge in [-0.3, -0.25) is 4.79 Å². The normalized spacial score (nSPS) is 43.7.